The molecule has 0 aliphatic carbocycles. The van der Waals surface area contributed by atoms with Gasteiger partial charge >= 0.3 is 0 Å². The van der Waals surface area contributed by atoms with Crippen LogP contribution in [0.1, 0.15) is 34.8 Å². The van der Waals surface area contributed by atoms with E-state index < -0.39 is 0 Å². The fourth-order valence-electron chi connectivity index (χ4n) is 2.83. The normalized spacial score (nSPS) is 14.6. The van der Waals surface area contributed by atoms with Crippen LogP contribution < -0.4 is 5.32 Å². The number of rotatable bonds is 5. The fraction of sp³-hybridized carbons (Fsp3) is 0.421. The summed E-state index contributed by atoms with van der Waals surface area (Å²) in [6.45, 7) is 7.04. The van der Waals surface area contributed by atoms with Crippen molar-refractivity contribution in [2.45, 2.75) is 13.8 Å². The second-order valence-electron chi connectivity index (χ2n) is 6.80. The molecular weight excluding hydrogens is 332 g/mol. The third kappa shape index (κ3) is 4.22. The lowest BCUT2D eigenvalue weighted by Gasteiger charge is -2.34. The van der Waals surface area contributed by atoms with Gasteiger partial charge in [-0.2, -0.15) is 0 Å². The van der Waals surface area contributed by atoms with Crippen LogP contribution in [-0.4, -0.2) is 59.3 Å². The Bertz CT molecular complexity index is 750. The molecule has 1 aliphatic rings. The monoisotopic (exact) mass is 356 g/mol. The molecule has 0 spiro atoms. The minimum absolute atomic E-state index is 0.0594. The molecule has 0 unspecified atom stereocenters. The van der Waals surface area contributed by atoms with Gasteiger partial charge in [0.05, 0.1) is 17.5 Å². The Morgan fingerprint density at radius 3 is 2.46 bits per heavy atom. The third-order valence-electron chi connectivity index (χ3n) is 4.29. The van der Waals surface area contributed by atoms with Crippen molar-refractivity contribution in [1.82, 2.24) is 14.8 Å². The summed E-state index contributed by atoms with van der Waals surface area (Å²) >= 11 is 0. The zero-order valence-corrected chi connectivity index (χ0v) is 15.1. The van der Waals surface area contributed by atoms with Gasteiger partial charge in [0.2, 0.25) is 0 Å². The highest BCUT2D eigenvalue weighted by Crippen LogP contribution is 2.14. The van der Waals surface area contributed by atoms with E-state index in [1.165, 1.54) is 6.26 Å². The number of nitrogens with zero attached hydrogens (tertiary/aromatic N) is 3. The van der Waals surface area contributed by atoms with Gasteiger partial charge in [-0.25, -0.2) is 0 Å². The Kier molecular flexibility index (Phi) is 5.55. The van der Waals surface area contributed by atoms with E-state index in [9.17, 15) is 9.59 Å². The topological polar surface area (TPSA) is 78.7 Å². The number of nitrogens with one attached hydrogen (secondary N) is 1. The average molecular weight is 356 g/mol. The number of piperazine rings is 1. The Balaban J connectivity index is 1.58. The highest BCUT2D eigenvalue weighted by molar-refractivity contribution is 5.95. The SMILES string of the molecule is CC(C)CNc1cncc(C(=O)N2CCN(C(=O)c3ccco3)CC2)c1. The lowest BCUT2D eigenvalue weighted by atomic mass is 10.2. The van der Waals surface area contributed by atoms with E-state index in [0.717, 1.165) is 12.2 Å². The molecule has 138 valence electrons. The van der Waals surface area contributed by atoms with E-state index in [-0.39, 0.29) is 11.8 Å². The quantitative estimate of drug-likeness (QED) is 0.890. The van der Waals surface area contributed by atoms with E-state index in [0.29, 0.717) is 43.4 Å². The van der Waals surface area contributed by atoms with E-state index in [1.807, 2.05) is 6.07 Å². The number of amides is 2. The van der Waals surface area contributed by atoms with Gasteiger partial charge in [-0.05, 0) is 24.1 Å². The van der Waals surface area contributed by atoms with E-state index in [1.54, 1.807) is 34.3 Å². The van der Waals surface area contributed by atoms with Crippen molar-refractivity contribution in [3.05, 3.63) is 48.2 Å². The molecule has 0 atom stereocenters. The molecule has 1 N–H and O–H groups in total. The molecule has 0 radical (unpaired) electrons. The number of aromatic nitrogens is 1. The summed E-state index contributed by atoms with van der Waals surface area (Å²) in [7, 11) is 0. The van der Waals surface area contributed by atoms with Crippen molar-refractivity contribution < 1.29 is 14.0 Å². The smallest absolute Gasteiger partial charge is 0.289 e. The molecule has 2 aromatic rings. The number of anilines is 1. The summed E-state index contributed by atoms with van der Waals surface area (Å²) in [4.78, 5) is 32.7. The predicted octanol–water partition coefficient (Wildman–Crippen LogP) is 2.34. The van der Waals surface area contributed by atoms with Gasteiger partial charge in [-0.3, -0.25) is 14.6 Å². The van der Waals surface area contributed by atoms with Crippen molar-refractivity contribution in [3.63, 3.8) is 0 Å². The van der Waals surface area contributed by atoms with Gasteiger partial charge < -0.3 is 19.5 Å². The molecule has 3 rings (SSSR count). The van der Waals surface area contributed by atoms with E-state index in [4.69, 9.17) is 4.42 Å². The van der Waals surface area contributed by atoms with Gasteiger partial charge in [0, 0.05) is 45.1 Å². The van der Waals surface area contributed by atoms with Crippen LogP contribution in [0, 0.1) is 5.92 Å². The van der Waals surface area contributed by atoms with Gasteiger partial charge in [0.15, 0.2) is 5.76 Å². The molecule has 26 heavy (non-hydrogen) atoms. The van der Waals surface area contributed by atoms with Crippen molar-refractivity contribution in [1.29, 1.82) is 0 Å². The second-order valence-corrected chi connectivity index (χ2v) is 6.80. The summed E-state index contributed by atoms with van der Waals surface area (Å²) in [6, 6.07) is 5.18. The molecule has 1 saturated heterocycles. The Hall–Kier alpha value is -2.83. The van der Waals surface area contributed by atoms with Gasteiger partial charge in [0.25, 0.3) is 11.8 Å². The minimum Gasteiger partial charge on any atom is -0.459 e. The molecule has 1 fully saturated rings. The lowest BCUT2D eigenvalue weighted by molar-refractivity contribution is 0.0518. The first-order valence-corrected chi connectivity index (χ1v) is 8.85. The molecule has 2 amide bonds. The third-order valence-corrected chi connectivity index (χ3v) is 4.29. The second kappa shape index (κ2) is 8.03. The molecule has 0 bridgehead atoms. The maximum Gasteiger partial charge on any atom is 0.289 e. The first-order chi connectivity index (χ1) is 12.5. The molecule has 0 saturated carbocycles. The van der Waals surface area contributed by atoms with Crippen LogP contribution in [0.4, 0.5) is 5.69 Å². The number of furan rings is 1. The first kappa shape index (κ1) is 18.0. The molecule has 3 heterocycles. The van der Waals surface area contributed by atoms with E-state index in [2.05, 4.69) is 24.1 Å². The largest absolute Gasteiger partial charge is 0.459 e. The summed E-state index contributed by atoms with van der Waals surface area (Å²) in [5, 5.41) is 3.28. The predicted molar refractivity (Wildman–Crippen MR) is 98.1 cm³/mol. The Labute approximate surface area is 153 Å². The number of pyridine rings is 1. The van der Waals surface area contributed by atoms with Gasteiger partial charge in [0.1, 0.15) is 0 Å². The first-order valence-electron chi connectivity index (χ1n) is 8.85. The number of carbonyl (C=O) groups excluding carboxylic acids is 2. The lowest BCUT2D eigenvalue weighted by Crippen LogP contribution is -2.50. The number of hydrogen-bond donors (Lipinski definition) is 1. The molecule has 7 heteroatoms. The fourth-order valence-corrected chi connectivity index (χ4v) is 2.83. The van der Waals surface area contributed by atoms with E-state index >= 15 is 0 Å². The standard InChI is InChI=1S/C19H24N4O3/c1-14(2)11-21-16-10-15(12-20-13-16)18(24)22-5-7-23(8-6-22)19(25)17-4-3-9-26-17/h3-4,9-10,12-14,21H,5-8,11H2,1-2H3. The van der Waals surface area contributed by atoms with Crippen LogP contribution >= 0.6 is 0 Å². The molecule has 1 aliphatic heterocycles. The highest BCUT2D eigenvalue weighted by atomic mass is 16.3. The highest BCUT2D eigenvalue weighted by Gasteiger charge is 2.26. The van der Waals surface area contributed by atoms with Crippen LogP contribution in [0.3, 0.4) is 0 Å². The molecular formula is C19H24N4O3. The average Bonchev–Trinajstić information content (AvgIpc) is 3.20. The van der Waals surface area contributed by atoms with Crippen LogP contribution in [-0.2, 0) is 0 Å². The van der Waals surface area contributed by atoms with Crippen molar-refractivity contribution in [2.24, 2.45) is 5.92 Å². The van der Waals surface area contributed by atoms with Gasteiger partial charge in [-0.15, -0.1) is 0 Å². The minimum atomic E-state index is -0.136. The maximum atomic E-state index is 12.7. The summed E-state index contributed by atoms with van der Waals surface area (Å²) < 4.78 is 5.16. The molecule has 7 nitrogen and oxygen atoms in total. The van der Waals surface area contributed by atoms with Crippen molar-refractivity contribution in [3.8, 4) is 0 Å². The zero-order chi connectivity index (χ0) is 18.5. The number of carbonyl (C=O) groups is 2. The van der Waals surface area contributed by atoms with Crippen LogP contribution in [0.15, 0.2) is 41.3 Å². The Morgan fingerprint density at radius 1 is 1.15 bits per heavy atom. The van der Waals surface area contributed by atoms with Crippen LogP contribution in [0.2, 0.25) is 0 Å². The zero-order valence-electron chi connectivity index (χ0n) is 15.1. The van der Waals surface area contributed by atoms with Crippen molar-refractivity contribution in [2.75, 3.05) is 38.0 Å². The number of hydrogen-bond acceptors (Lipinski definition) is 5. The summed E-state index contributed by atoms with van der Waals surface area (Å²) in [5.41, 5.74) is 1.40. The van der Waals surface area contributed by atoms with Crippen molar-refractivity contribution >= 4 is 17.5 Å². The Morgan fingerprint density at radius 2 is 1.85 bits per heavy atom. The van der Waals surface area contributed by atoms with Crippen LogP contribution in [0.25, 0.3) is 0 Å². The maximum absolute atomic E-state index is 12.7. The van der Waals surface area contributed by atoms with Crippen LogP contribution in [0.5, 0.6) is 0 Å². The molecule has 2 aromatic heterocycles. The summed E-state index contributed by atoms with van der Waals surface area (Å²) in [6.07, 6.45) is 4.79. The summed E-state index contributed by atoms with van der Waals surface area (Å²) in [5.74, 6) is 0.645. The van der Waals surface area contributed by atoms with Gasteiger partial charge in [-0.1, -0.05) is 13.8 Å². The molecule has 0 aromatic carbocycles.